The summed E-state index contributed by atoms with van der Waals surface area (Å²) >= 11 is 0. The van der Waals surface area contributed by atoms with E-state index in [0.717, 1.165) is 5.69 Å². The minimum atomic E-state index is -0.195. The highest BCUT2D eigenvalue weighted by atomic mass is 16.1. The lowest BCUT2D eigenvalue weighted by molar-refractivity contribution is -0.111. The summed E-state index contributed by atoms with van der Waals surface area (Å²) < 4.78 is 1.69. The summed E-state index contributed by atoms with van der Waals surface area (Å²) in [7, 11) is 1.82. The number of anilines is 1. The summed E-state index contributed by atoms with van der Waals surface area (Å²) in [5.74, 6) is -0.195. The van der Waals surface area contributed by atoms with Crippen molar-refractivity contribution in [3.05, 3.63) is 48.6 Å². The molecule has 2 rings (SSSR count). The van der Waals surface area contributed by atoms with Crippen LogP contribution in [0.25, 0.3) is 6.08 Å². The van der Waals surface area contributed by atoms with Crippen LogP contribution >= 0.6 is 0 Å². The Morgan fingerprint density at radius 1 is 1.41 bits per heavy atom. The Morgan fingerprint density at radius 2 is 2.29 bits per heavy atom. The Labute approximate surface area is 98.8 Å². The van der Waals surface area contributed by atoms with Gasteiger partial charge in [-0.2, -0.15) is 5.10 Å². The zero-order valence-corrected chi connectivity index (χ0v) is 9.37. The van der Waals surface area contributed by atoms with Crippen LogP contribution in [0.1, 0.15) is 5.69 Å². The average molecular weight is 228 g/mol. The molecule has 0 aliphatic heterocycles. The third-order valence-electron chi connectivity index (χ3n) is 2.19. The van der Waals surface area contributed by atoms with Crippen LogP contribution in [0.15, 0.2) is 42.9 Å². The highest BCUT2D eigenvalue weighted by molar-refractivity contribution is 6.01. The molecule has 0 aromatic carbocycles. The van der Waals surface area contributed by atoms with E-state index in [9.17, 15) is 4.79 Å². The Balaban J connectivity index is 1.99. The van der Waals surface area contributed by atoms with Gasteiger partial charge in [0.1, 0.15) is 0 Å². The molecule has 1 amide bonds. The summed E-state index contributed by atoms with van der Waals surface area (Å²) in [6, 6.07) is 5.37. The predicted molar refractivity (Wildman–Crippen MR) is 65.1 cm³/mol. The minimum Gasteiger partial charge on any atom is -0.321 e. The molecule has 0 radical (unpaired) electrons. The first kappa shape index (κ1) is 11.1. The molecule has 1 N–H and O–H groups in total. The van der Waals surface area contributed by atoms with Crippen LogP contribution in [0.3, 0.4) is 0 Å². The first-order valence-corrected chi connectivity index (χ1v) is 5.13. The largest absolute Gasteiger partial charge is 0.321 e. The summed E-state index contributed by atoms with van der Waals surface area (Å²) in [6.45, 7) is 0. The number of rotatable bonds is 3. The molecule has 0 aliphatic carbocycles. The number of hydrogen-bond acceptors (Lipinski definition) is 3. The third kappa shape index (κ3) is 3.01. The standard InChI is InChI=1S/C12H12N4O/c1-16-11(6-8-14-16)4-5-12(17)15-10-3-2-7-13-9-10/h2-9H,1H3,(H,15,17). The first-order valence-electron chi connectivity index (χ1n) is 5.13. The zero-order chi connectivity index (χ0) is 12.1. The van der Waals surface area contributed by atoms with Crippen molar-refractivity contribution in [2.45, 2.75) is 0 Å². The fourth-order valence-electron chi connectivity index (χ4n) is 1.33. The number of carbonyl (C=O) groups excluding carboxylic acids is 1. The monoisotopic (exact) mass is 228 g/mol. The van der Waals surface area contributed by atoms with Crippen LogP contribution in [0, 0.1) is 0 Å². The Hall–Kier alpha value is -2.43. The molecule has 0 unspecified atom stereocenters. The van der Waals surface area contributed by atoms with Gasteiger partial charge in [0.2, 0.25) is 5.91 Å². The zero-order valence-electron chi connectivity index (χ0n) is 9.37. The maximum absolute atomic E-state index is 11.6. The quantitative estimate of drug-likeness (QED) is 0.809. The predicted octanol–water partition coefficient (Wildman–Crippen LogP) is 1.47. The maximum Gasteiger partial charge on any atom is 0.248 e. The molecule has 0 bridgehead atoms. The van der Waals surface area contributed by atoms with Crippen LogP contribution in [0.4, 0.5) is 5.69 Å². The van der Waals surface area contributed by atoms with E-state index in [0.29, 0.717) is 5.69 Å². The van der Waals surface area contributed by atoms with Gasteiger partial charge >= 0.3 is 0 Å². The van der Waals surface area contributed by atoms with Crippen LogP contribution in [-0.2, 0) is 11.8 Å². The van der Waals surface area contributed by atoms with Crippen molar-refractivity contribution in [3.63, 3.8) is 0 Å². The highest BCUT2D eigenvalue weighted by Gasteiger charge is 1.98. The van der Waals surface area contributed by atoms with Gasteiger partial charge in [-0.3, -0.25) is 14.5 Å². The normalized spacial score (nSPS) is 10.6. The maximum atomic E-state index is 11.6. The van der Waals surface area contributed by atoms with E-state index in [1.165, 1.54) is 6.08 Å². The van der Waals surface area contributed by atoms with E-state index >= 15 is 0 Å². The van der Waals surface area contributed by atoms with Gasteiger partial charge in [0.15, 0.2) is 0 Å². The molecule has 86 valence electrons. The number of pyridine rings is 1. The van der Waals surface area contributed by atoms with E-state index in [1.54, 1.807) is 41.5 Å². The van der Waals surface area contributed by atoms with Crippen molar-refractivity contribution in [1.29, 1.82) is 0 Å². The minimum absolute atomic E-state index is 0.195. The molecule has 0 fully saturated rings. The molecule has 0 aliphatic rings. The number of amides is 1. The number of hydrogen-bond donors (Lipinski definition) is 1. The van der Waals surface area contributed by atoms with E-state index in [-0.39, 0.29) is 5.91 Å². The number of nitrogens with zero attached hydrogens (tertiary/aromatic N) is 3. The molecule has 0 atom stereocenters. The topological polar surface area (TPSA) is 59.8 Å². The second kappa shape index (κ2) is 5.07. The van der Waals surface area contributed by atoms with Crippen molar-refractivity contribution in [2.75, 3.05) is 5.32 Å². The fourth-order valence-corrected chi connectivity index (χ4v) is 1.33. The lowest BCUT2D eigenvalue weighted by Gasteiger charge is -2.00. The van der Waals surface area contributed by atoms with Gasteiger partial charge in [0, 0.05) is 25.5 Å². The molecular formula is C12H12N4O. The van der Waals surface area contributed by atoms with E-state index < -0.39 is 0 Å². The second-order valence-electron chi connectivity index (χ2n) is 3.44. The molecule has 2 aromatic rings. The van der Waals surface area contributed by atoms with Gasteiger partial charge in [0.25, 0.3) is 0 Å². The molecule has 5 nitrogen and oxygen atoms in total. The molecule has 2 heterocycles. The molecule has 5 heteroatoms. The molecule has 0 spiro atoms. The van der Waals surface area contributed by atoms with Crippen molar-refractivity contribution in [1.82, 2.24) is 14.8 Å². The van der Waals surface area contributed by atoms with Crippen molar-refractivity contribution in [3.8, 4) is 0 Å². The Morgan fingerprint density at radius 3 is 2.94 bits per heavy atom. The van der Waals surface area contributed by atoms with Gasteiger partial charge in [-0.25, -0.2) is 0 Å². The lowest BCUT2D eigenvalue weighted by Crippen LogP contribution is -2.07. The van der Waals surface area contributed by atoms with Crippen molar-refractivity contribution >= 4 is 17.7 Å². The average Bonchev–Trinajstić information content (AvgIpc) is 2.74. The molecular weight excluding hydrogens is 216 g/mol. The number of carbonyl (C=O) groups is 1. The van der Waals surface area contributed by atoms with Crippen LogP contribution in [0.5, 0.6) is 0 Å². The lowest BCUT2D eigenvalue weighted by atomic mass is 10.3. The highest BCUT2D eigenvalue weighted by Crippen LogP contribution is 2.04. The molecule has 17 heavy (non-hydrogen) atoms. The van der Waals surface area contributed by atoms with Crippen molar-refractivity contribution in [2.24, 2.45) is 7.05 Å². The van der Waals surface area contributed by atoms with Gasteiger partial charge in [-0.05, 0) is 24.3 Å². The van der Waals surface area contributed by atoms with Gasteiger partial charge in [-0.1, -0.05) is 0 Å². The molecule has 2 aromatic heterocycles. The van der Waals surface area contributed by atoms with Gasteiger partial charge < -0.3 is 5.32 Å². The second-order valence-corrected chi connectivity index (χ2v) is 3.44. The fraction of sp³-hybridized carbons (Fsp3) is 0.0833. The van der Waals surface area contributed by atoms with Crippen LogP contribution in [0.2, 0.25) is 0 Å². The van der Waals surface area contributed by atoms with Crippen LogP contribution in [-0.4, -0.2) is 20.7 Å². The Bertz CT molecular complexity index is 530. The smallest absolute Gasteiger partial charge is 0.248 e. The summed E-state index contributed by atoms with van der Waals surface area (Å²) in [6.07, 6.45) is 8.10. The van der Waals surface area contributed by atoms with Crippen molar-refractivity contribution < 1.29 is 4.79 Å². The van der Waals surface area contributed by atoms with Gasteiger partial charge in [-0.15, -0.1) is 0 Å². The summed E-state index contributed by atoms with van der Waals surface area (Å²) in [5.41, 5.74) is 1.54. The first-order chi connectivity index (χ1) is 8.25. The summed E-state index contributed by atoms with van der Waals surface area (Å²) in [5, 5.41) is 6.71. The molecule has 0 saturated heterocycles. The SMILES string of the molecule is Cn1nccc1C=CC(=O)Nc1cccnc1. The van der Waals surface area contributed by atoms with E-state index in [2.05, 4.69) is 15.4 Å². The molecule has 0 saturated carbocycles. The number of nitrogens with one attached hydrogen (secondary N) is 1. The Kier molecular flexibility index (Phi) is 3.30. The summed E-state index contributed by atoms with van der Waals surface area (Å²) in [4.78, 5) is 15.5. The van der Waals surface area contributed by atoms with E-state index in [4.69, 9.17) is 0 Å². The van der Waals surface area contributed by atoms with Gasteiger partial charge in [0.05, 0.1) is 17.6 Å². The number of aryl methyl sites for hydroxylation is 1. The third-order valence-corrected chi connectivity index (χ3v) is 2.19. The van der Waals surface area contributed by atoms with Crippen LogP contribution < -0.4 is 5.32 Å². The number of aromatic nitrogens is 3. The van der Waals surface area contributed by atoms with E-state index in [1.807, 2.05) is 13.1 Å².